The van der Waals surface area contributed by atoms with Gasteiger partial charge in [0.15, 0.2) is 0 Å². The zero-order valence-electron chi connectivity index (χ0n) is 33.2. The second kappa shape index (κ2) is 15.8. The van der Waals surface area contributed by atoms with Crippen molar-refractivity contribution in [3.8, 4) is 6.07 Å². The third-order valence-corrected chi connectivity index (χ3v) is 13.9. The molecule has 5 saturated heterocycles. The molecule has 16 heteroatoms. The van der Waals surface area contributed by atoms with Crippen molar-refractivity contribution in [2.75, 3.05) is 73.6 Å². The third kappa shape index (κ3) is 7.51. The summed E-state index contributed by atoms with van der Waals surface area (Å²) < 4.78 is 15.5. The summed E-state index contributed by atoms with van der Waals surface area (Å²) in [6, 6.07) is 10.2. The molecule has 5 fully saturated rings. The Morgan fingerprint density at radius 1 is 0.898 bits per heavy atom. The Labute approximate surface area is 347 Å². The normalized spacial score (nSPS) is 24.2. The number of benzene rings is 2. The van der Waals surface area contributed by atoms with Crippen LogP contribution in [0.2, 0.25) is 5.02 Å². The summed E-state index contributed by atoms with van der Waals surface area (Å²) in [5.74, 6) is -2.13. The zero-order valence-corrected chi connectivity index (χ0v) is 34.0. The Kier molecular flexibility index (Phi) is 10.5. The molecule has 6 aliphatic heterocycles. The quantitative estimate of drug-likeness (QED) is 0.341. The van der Waals surface area contributed by atoms with Crippen molar-refractivity contribution < 1.29 is 23.6 Å². The first-order valence-electron chi connectivity index (χ1n) is 20.8. The number of hydrogen-bond donors (Lipinski definition) is 1. The molecule has 1 spiro atoms. The van der Waals surface area contributed by atoms with E-state index >= 15 is 4.39 Å². The number of aromatic nitrogens is 2. The largest absolute Gasteiger partial charge is 0.368 e. The summed E-state index contributed by atoms with van der Waals surface area (Å²) in [4.78, 5) is 72.7. The summed E-state index contributed by atoms with van der Waals surface area (Å²) in [6.07, 6.45) is 9.28. The molecule has 308 valence electrons. The fourth-order valence-corrected chi connectivity index (χ4v) is 10.5. The van der Waals surface area contributed by atoms with Crippen LogP contribution in [-0.4, -0.2) is 125 Å². The summed E-state index contributed by atoms with van der Waals surface area (Å²) in [5.41, 5.74) is 3.12. The van der Waals surface area contributed by atoms with Gasteiger partial charge in [-0.25, -0.2) is 9.37 Å². The number of rotatable bonds is 7. The first kappa shape index (κ1) is 39.3. The number of carbonyl (C=O) groups is 4. The van der Waals surface area contributed by atoms with Crippen LogP contribution in [0.25, 0.3) is 0 Å². The van der Waals surface area contributed by atoms with Gasteiger partial charge in [0.2, 0.25) is 11.8 Å². The van der Waals surface area contributed by atoms with Gasteiger partial charge in [-0.05, 0) is 81.2 Å². The standard InChI is InChI=1S/C43H48ClFN10O4/c1-27-21-43(26-54(27)31-3-2-28(22-46)34(44)18-31)8-12-53(13-9-43)38-24-47-29(23-48-38)25-50-10-6-30(7-11-50)51-14-16-52(17-15-51)37-20-33-32(19-35(37)45)41(58)55(42(33)59)36-4-5-39(56)49-40(36)57/h2-3,18-20,23-24,27,30,36H,4-17,21,25-26H2,1H3,(H,49,56,57)/t27-,36?/m0/s1. The molecular weight excluding hydrogens is 775 g/mol. The number of nitrogens with one attached hydrogen (secondary N) is 1. The van der Waals surface area contributed by atoms with Crippen molar-refractivity contribution in [1.29, 1.82) is 5.26 Å². The van der Waals surface area contributed by atoms with Crippen molar-refractivity contribution in [3.05, 3.63) is 75.9 Å². The maximum Gasteiger partial charge on any atom is 0.262 e. The summed E-state index contributed by atoms with van der Waals surface area (Å²) >= 11 is 6.37. The molecule has 0 bridgehead atoms. The van der Waals surface area contributed by atoms with Gasteiger partial charge in [0.25, 0.3) is 11.8 Å². The number of amides is 4. The van der Waals surface area contributed by atoms with Crippen LogP contribution in [0.15, 0.2) is 42.7 Å². The van der Waals surface area contributed by atoms with Crippen molar-refractivity contribution in [3.63, 3.8) is 0 Å². The Morgan fingerprint density at radius 3 is 2.29 bits per heavy atom. The van der Waals surface area contributed by atoms with Crippen LogP contribution in [0.1, 0.15) is 83.8 Å². The minimum absolute atomic E-state index is 0.0250. The molecule has 2 atom stereocenters. The molecule has 2 aromatic carbocycles. The maximum atomic E-state index is 15.5. The Bertz CT molecular complexity index is 2210. The highest BCUT2D eigenvalue weighted by Gasteiger charge is 2.46. The highest BCUT2D eigenvalue weighted by molar-refractivity contribution is 6.32. The van der Waals surface area contributed by atoms with Gasteiger partial charge in [-0.3, -0.25) is 44.2 Å². The molecule has 0 radical (unpaired) electrons. The van der Waals surface area contributed by atoms with E-state index in [0.717, 1.165) is 113 Å². The number of nitrogens with zero attached hydrogens (tertiary/aromatic N) is 9. The molecular formula is C43H48ClFN10O4. The highest BCUT2D eigenvalue weighted by Crippen LogP contribution is 2.46. The number of nitriles is 1. The first-order chi connectivity index (χ1) is 28.5. The molecule has 1 aromatic heterocycles. The molecule has 1 unspecified atom stereocenters. The lowest BCUT2D eigenvalue weighted by molar-refractivity contribution is -0.136. The zero-order chi connectivity index (χ0) is 41.0. The minimum atomic E-state index is -1.09. The number of piperidine rings is 3. The van der Waals surface area contributed by atoms with Crippen molar-refractivity contribution in [2.45, 2.75) is 76.5 Å². The predicted molar refractivity (Wildman–Crippen MR) is 219 cm³/mol. The molecule has 3 aromatic rings. The van der Waals surface area contributed by atoms with Gasteiger partial charge in [0, 0.05) is 89.6 Å². The maximum absolute atomic E-state index is 15.5. The van der Waals surface area contributed by atoms with E-state index in [1.54, 1.807) is 0 Å². The predicted octanol–water partition coefficient (Wildman–Crippen LogP) is 4.21. The van der Waals surface area contributed by atoms with Crippen LogP contribution < -0.4 is 20.0 Å². The average Bonchev–Trinajstić information content (AvgIpc) is 3.68. The van der Waals surface area contributed by atoms with Crippen LogP contribution in [0.3, 0.4) is 0 Å². The van der Waals surface area contributed by atoms with Crippen molar-refractivity contribution in [2.24, 2.45) is 5.41 Å². The van der Waals surface area contributed by atoms with Crippen molar-refractivity contribution >= 4 is 52.4 Å². The van der Waals surface area contributed by atoms with E-state index in [9.17, 15) is 24.4 Å². The lowest BCUT2D eigenvalue weighted by Crippen LogP contribution is -2.54. The molecule has 0 aliphatic carbocycles. The Hall–Kier alpha value is -5.17. The number of piperazine rings is 1. The monoisotopic (exact) mass is 822 g/mol. The Morgan fingerprint density at radius 2 is 1.63 bits per heavy atom. The van der Waals surface area contributed by atoms with Crippen LogP contribution >= 0.6 is 11.6 Å². The number of hydrogen-bond acceptors (Lipinski definition) is 12. The SMILES string of the molecule is C[C@H]1CC2(CCN(c3cnc(CN4CCC(N5CCN(c6cc7c(cc6F)C(=O)N(C6CCC(=O)NC6=O)C7=O)CC5)CC4)cn3)CC2)CN1c1ccc(C#N)c(Cl)c1. The molecule has 4 amide bonds. The Balaban J connectivity index is 0.730. The van der Waals surface area contributed by atoms with Gasteiger partial charge in [-0.15, -0.1) is 0 Å². The van der Waals surface area contributed by atoms with Crippen LogP contribution in [-0.2, 0) is 16.1 Å². The van der Waals surface area contributed by atoms with E-state index < -0.39 is 35.5 Å². The van der Waals surface area contributed by atoms with Gasteiger partial charge in [0.05, 0.1) is 45.5 Å². The second-order valence-corrected chi connectivity index (χ2v) is 17.5. The number of likely N-dealkylation sites (tertiary alicyclic amines) is 1. The fourth-order valence-electron chi connectivity index (χ4n) is 10.3. The summed E-state index contributed by atoms with van der Waals surface area (Å²) in [6.45, 7) is 10.5. The van der Waals surface area contributed by atoms with E-state index in [4.69, 9.17) is 21.6 Å². The van der Waals surface area contributed by atoms with E-state index in [-0.39, 0.29) is 35.1 Å². The lowest BCUT2D eigenvalue weighted by Gasteiger charge is -2.43. The van der Waals surface area contributed by atoms with Gasteiger partial charge in [-0.1, -0.05) is 11.6 Å². The van der Waals surface area contributed by atoms with Crippen LogP contribution in [0.5, 0.6) is 0 Å². The molecule has 1 N–H and O–H groups in total. The lowest BCUT2D eigenvalue weighted by atomic mass is 9.77. The fraction of sp³-hybridized carbons (Fsp3) is 0.512. The van der Waals surface area contributed by atoms with Crippen molar-refractivity contribution in [1.82, 2.24) is 30.0 Å². The minimum Gasteiger partial charge on any atom is -0.368 e. The third-order valence-electron chi connectivity index (χ3n) is 13.6. The average molecular weight is 823 g/mol. The summed E-state index contributed by atoms with van der Waals surface area (Å²) in [5, 5.41) is 12.0. The van der Waals surface area contributed by atoms with Crippen LogP contribution in [0.4, 0.5) is 21.6 Å². The van der Waals surface area contributed by atoms with E-state index in [1.165, 1.54) is 6.07 Å². The molecule has 14 nitrogen and oxygen atoms in total. The topological polar surface area (TPSA) is 149 Å². The number of carbonyl (C=O) groups excluding carboxylic acids is 4. The second-order valence-electron chi connectivity index (χ2n) is 17.1. The molecule has 59 heavy (non-hydrogen) atoms. The number of imide groups is 2. The van der Waals surface area contributed by atoms with Gasteiger partial charge >= 0.3 is 0 Å². The van der Waals surface area contributed by atoms with Gasteiger partial charge in [-0.2, -0.15) is 5.26 Å². The smallest absolute Gasteiger partial charge is 0.262 e. The van der Waals surface area contributed by atoms with Gasteiger partial charge in [0.1, 0.15) is 23.7 Å². The van der Waals surface area contributed by atoms with E-state index in [1.807, 2.05) is 35.5 Å². The number of anilines is 3. The molecule has 9 rings (SSSR count). The first-order valence-corrected chi connectivity index (χ1v) is 21.2. The van der Waals surface area contributed by atoms with E-state index in [2.05, 4.69) is 37.9 Å². The van der Waals surface area contributed by atoms with E-state index in [0.29, 0.717) is 35.8 Å². The highest BCUT2D eigenvalue weighted by atomic mass is 35.5. The summed E-state index contributed by atoms with van der Waals surface area (Å²) in [7, 11) is 0. The molecule has 0 saturated carbocycles. The van der Waals surface area contributed by atoms with Gasteiger partial charge < -0.3 is 14.7 Å². The molecule has 6 aliphatic rings. The number of halogens is 2. The number of fused-ring (bicyclic) bond motifs is 1. The molecule has 7 heterocycles. The van der Waals surface area contributed by atoms with Crippen LogP contribution in [0, 0.1) is 22.6 Å².